The number of hydrogen-bond acceptors (Lipinski definition) is 2. The Labute approximate surface area is 314 Å². The second-order valence-electron chi connectivity index (χ2n) is 12.2. The van der Waals surface area contributed by atoms with E-state index >= 15 is 8.78 Å². The van der Waals surface area contributed by atoms with E-state index in [1.54, 1.807) is 0 Å². The van der Waals surface area contributed by atoms with Crippen LogP contribution in [0.3, 0.4) is 0 Å². The Hall–Kier alpha value is -5.48. The molecule has 2 aromatic heterocycles. The van der Waals surface area contributed by atoms with Crippen molar-refractivity contribution in [1.82, 2.24) is 0 Å². The van der Waals surface area contributed by atoms with Crippen molar-refractivity contribution in [1.29, 1.82) is 0 Å². The van der Waals surface area contributed by atoms with Crippen LogP contribution in [0.25, 0.3) is 65.4 Å². The average molecular weight is 827 g/mol. The third-order valence-corrected chi connectivity index (χ3v) is 11.2. The summed E-state index contributed by atoms with van der Waals surface area (Å²) < 4.78 is 202. The van der Waals surface area contributed by atoms with Crippen LogP contribution in [0.2, 0.25) is 0 Å². The molecule has 0 N–H and O–H groups in total. The molecule has 286 valence electrons. The summed E-state index contributed by atoms with van der Waals surface area (Å²) in [5.74, 6) is -29.2. The molecule has 2 heterocycles. The van der Waals surface area contributed by atoms with Crippen LogP contribution in [-0.2, 0) is 0 Å². The molecule has 0 amide bonds. The lowest BCUT2D eigenvalue weighted by Gasteiger charge is -2.14. The van der Waals surface area contributed by atoms with Crippen molar-refractivity contribution in [3.8, 4) is 65.4 Å². The van der Waals surface area contributed by atoms with Crippen LogP contribution in [-0.4, -0.2) is 0 Å². The first-order valence-electron chi connectivity index (χ1n) is 15.8. The number of halogens is 14. The van der Waals surface area contributed by atoms with Crippen molar-refractivity contribution in [3.05, 3.63) is 152 Å². The summed E-state index contributed by atoms with van der Waals surface area (Å²) in [6.45, 7) is 2.93. The number of thiophene rings is 2. The summed E-state index contributed by atoms with van der Waals surface area (Å²) in [5.41, 5.74) is -4.05. The molecule has 0 aliphatic rings. The summed E-state index contributed by atoms with van der Waals surface area (Å²) >= 11 is 1.95. The summed E-state index contributed by atoms with van der Waals surface area (Å²) in [6.07, 6.45) is 0. The third kappa shape index (κ3) is 6.05. The Bertz CT molecular complexity index is 2500. The van der Waals surface area contributed by atoms with E-state index in [1.165, 1.54) is 50.2 Å². The van der Waals surface area contributed by atoms with Gasteiger partial charge in [0.25, 0.3) is 0 Å². The van der Waals surface area contributed by atoms with Gasteiger partial charge in [-0.25, -0.2) is 61.5 Å². The fourth-order valence-corrected chi connectivity index (χ4v) is 8.26. The van der Waals surface area contributed by atoms with E-state index in [9.17, 15) is 52.7 Å². The molecule has 56 heavy (non-hydrogen) atoms. The van der Waals surface area contributed by atoms with Gasteiger partial charge in [0.2, 0.25) is 11.6 Å². The van der Waals surface area contributed by atoms with Gasteiger partial charge >= 0.3 is 0 Å². The Kier molecular flexibility index (Phi) is 9.85. The molecule has 0 bridgehead atoms. The Morgan fingerprint density at radius 2 is 0.500 bits per heavy atom. The van der Waals surface area contributed by atoms with Crippen LogP contribution < -0.4 is 0 Å². The second kappa shape index (κ2) is 14.2. The van der Waals surface area contributed by atoms with E-state index in [-0.39, 0.29) is 43.1 Å². The van der Waals surface area contributed by atoms with E-state index in [0.717, 1.165) is 46.9 Å². The molecule has 7 rings (SSSR count). The van der Waals surface area contributed by atoms with Crippen molar-refractivity contribution in [3.63, 3.8) is 0 Å². The fourth-order valence-electron chi connectivity index (χ4n) is 6.20. The zero-order chi connectivity index (χ0) is 40.7. The van der Waals surface area contributed by atoms with Gasteiger partial charge in [-0.1, -0.05) is 48.5 Å². The molecular formula is C40H16F14S2. The summed E-state index contributed by atoms with van der Waals surface area (Å²) in [6, 6.07) is 11.9. The van der Waals surface area contributed by atoms with Crippen molar-refractivity contribution >= 4 is 22.7 Å². The number of benzene rings is 5. The van der Waals surface area contributed by atoms with Crippen LogP contribution >= 0.6 is 22.7 Å². The molecule has 16 heteroatoms. The lowest BCUT2D eigenvalue weighted by Crippen LogP contribution is -2.04. The largest absolute Gasteiger partial charge is 0.203 e. The van der Waals surface area contributed by atoms with E-state index in [1.807, 2.05) is 0 Å². The van der Waals surface area contributed by atoms with E-state index in [0.29, 0.717) is 9.75 Å². The minimum Gasteiger partial charge on any atom is -0.203 e. The molecule has 0 saturated heterocycles. The van der Waals surface area contributed by atoms with Gasteiger partial charge in [0.15, 0.2) is 69.8 Å². The Morgan fingerprint density at radius 1 is 0.286 bits per heavy atom. The van der Waals surface area contributed by atoms with Gasteiger partial charge in [-0.05, 0) is 59.4 Å². The summed E-state index contributed by atoms with van der Waals surface area (Å²) in [5, 5.41) is 0. The monoisotopic (exact) mass is 826 g/mol. The molecule has 0 unspecified atom stereocenters. The maximum Gasteiger partial charge on any atom is 0.200 e. The zero-order valence-corrected chi connectivity index (χ0v) is 29.5. The normalized spacial score (nSPS) is 11.6. The quantitative estimate of drug-likeness (QED) is 0.0890. The SMILES string of the molecule is Cc1sc(-c2ccc(-c3c(F)c(F)c(F)c(F)c3F)cc2)cc1-c1c(F)c(F)c(F)c(F)c1-c1cc(-c2ccc(-c3c(F)c(F)c(F)c(F)c3F)cc2)sc1C. The minimum atomic E-state index is -2.33. The molecule has 0 aliphatic carbocycles. The maximum atomic E-state index is 15.8. The molecule has 0 atom stereocenters. The molecular weight excluding hydrogens is 811 g/mol. The van der Waals surface area contributed by atoms with Crippen LogP contribution in [0, 0.1) is 95.3 Å². The number of hydrogen-bond donors (Lipinski definition) is 0. The van der Waals surface area contributed by atoms with E-state index < -0.39 is 104 Å². The smallest absolute Gasteiger partial charge is 0.200 e. The maximum absolute atomic E-state index is 15.8. The van der Waals surface area contributed by atoms with Gasteiger partial charge in [0, 0.05) is 30.6 Å². The van der Waals surface area contributed by atoms with E-state index in [2.05, 4.69) is 0 Å². The Balaban J connectivity index is 1.29. The standard InChI is InChI=1S/C40H16F14S2/c1-13-19(11-21(55-13)15-3-7-17(8-4-15)23-27(41)33(47)39(53)34(48)28(23)42)25-26(32(46)38(52)37(51)31(25)45)20-12-22(56-14(20)2)16-5-9-18(10-6-16)24-29(43)35(49)40(54)36(50)30(24)44/h3-12H,1-2H3. The van der Waals surface area contributed by atoms with Gasteiger partial charge in [-0.15, -0.1) is 22.7 Å². The molecule has 0 nitrogen and oxygen atoms in total. The third-order valence-electron chi connectivity index (χ3n) is 8.98. The second-order valence-corrected chi connectivity index (χ2v) is 14.7. The number of rotatable bonds is 6. The molecule has 0 saturated carbocycles. The lowest BCUT2D eigenvalue weighted by molar-refractivity contribution is 0.381. The van der Waals surface area contributed by atoms with Crippen LogP contribution in [0.5, 0.6) is 0 Å². The summed E-state index contributed by atoms with van der Waals surface area (Å²) in [4.78, 5) is 1.14. The molecule has 0 fully saturated rings. The van der Waals surface area contributed by atoms with E-state index in [4.69, 9.17) is 0 Å². The topological polar surface area (TPSA) is 0 Å². The lowest BCUT2D eigenvalue weighted by atomic mass is 9.92. The van der Waals surface area contributed by atoms with Crippen LogP contribution in [0.15, 0.2) is 60.7 Å². The first-order valence-corrected chi connectivity index (χ1v) is 17.4. The van der Waals surface area contributed by atoms with Crippen molar-refractivity contribution in [2.24, 2.45) is 0 Å². The van der Waals surface area contributed by atoms with Gasteiger partial charge in [0.1, 0.15) is 0 Å². The predicted molar refractivity (Wildman–Crippen MR) is 184 cm³/mol. The van der Waals surface area contributed by atoms with Crippen molar-refractivity contribution in [2.45, 2.75) is 13.8 Å². The highest BCUT2D eigenvalue weighted by atomic mass is 32.1. The van der Waals surface area contributed by atoms with Crippen molar-refractivity contribution < 1.29 is 61.5 Å². The Morgan fingerprint density at radius 3 is 0.768 bits per heavy atom. The number of aryl methyl sites for hydroxylation is 2. The van der Waals surface area contributed by atoms with Gasteiger partial charge in [0.05, 0.1) is 11.1 Å². The van der Waals surface area contributed by atoms with Crippen LogP contribution in [0.4, 0.5) is 61.5 Å². The van der Waals surface area contributed by atoms with Crippen molar-refractivity contribution in [2.75, 3.05) is 0 Å². The molecule has 0 spiro atoms. The molecule has 7 aromatic rings. The fraction of sp³-hybridized carbons (Fsp3) is 0.0500. The van der Waals surface area contributed by atoms with Crippen LogP contribution in [0.1, 0.15) is 9.75 Å². The van der Waals surface area contributed by atoms with Gasteiger partial charge in [-0.3, -0.25) is 0 Å². The highest BCUT2D eigenvalue weighted by Crippen LogP contribution is 2.48. The van der Waals surface area contributed by atoms with Gasteiger partial charge in [-0.2, -0.15) is 0 Å². The average Bonchev–Trinajstić information content (AvgIpc) is 3.77. The molecule has 5 aromatic carbocycles. The minimum absolute atomic E-state index is 0.0848. The predicted octanol–water partition coefficient (Wildman–Crippen LogP) is 14.4. The highest BCUT2D eigenvalue weighted by Gasteiger charge is 2.32. The first-order chi connectivity index (χ1) is 26.4. The highest BCUT2D eigenvalue weighted by molar-refractivity contribution is 7.16. The molecule has 0 radical (unpaired) electrons. The zero-order valence-electron chi connectivity index (χ0n) is 27.9. The summed E-state index contributed by atoms with van der Waals surface area (Å²) in [7, 11) is 0. The first kappa shape index (κ1) is 38.8. The van der Waals surface area contributed by atoms with Gasteiger partial charge < -0.3 is 0 Å². The molecule has 0 aliphatic heterocycles.